The minimum absolute atomic E-state index is 0.00922. The van der Waals surface area contributed by atoms with Gasteiger partial charge in [0.2, 0.25) is 5.91 Å². The first kappa shape index (κ1) is 26.3. The molecule has 0 saturated carbocycles. The number of fused-ring (bicyclic) bond motifs is 2. The Morgan fingerprint density at radius 2 is 1.54 bits per heavy atom. The van der Waals surface area contributed by atoms with E-state index in [1.165, 1.54) is 16.3 Å². The van der Waals surface area contributed by atoms with Crippen LogP contribution in [0.15, 0.2) is 101 Å². The van der Waals surface area contributed by atoms with E-state index in [2.05, 4.69) is 64.3 Å². The van der Waals surface area contributed by atoms with Crippen molar-refractivity contribution in [3.63, 3.8) is 0 Å². The number of carbonyl (C=O) groups is 1. The quantitative estimate of drug-likeness (QED) is 0.347. The Hall–Kier alpha value is -3.81. The number of hydrogen-bond donors (Lipinski definition) is 2. The van der Waals surface area contributed by atoms with Gasteiger partial charge in [0.05, 0.1) is 12.5 Å². The van der Waals surface area contributed by atoms with Crippen LogP contribution in [-0.2, 0) is 28.3 Å². The number of aryl methyl sites for hydroxylation is 1. The van der Waals surface area contributed by atoms with Crippen molar-refractivity contribution < 1.29 is 13.2 Å². The maximum absolute atomic E-state index is 12.6. The molecule has 6 nitrogen and oxygen atoms in total. The molecule has 0 aliphatic heterocycles. The summed E-state index contributed by atoms with van der Waals surface area (Å²) in [6, 6.07) is 31.1. The predicted molar refractivity (Wildman–Crippen MR) is 147 cm³/mol. The average molecular weight is 514 g/mol. The summed E-state index contributed by atoms with van der Waals surface area (Å²) in [5.74, 6) is -0.209. The average Bonchev–Trinajstić information content (AvgIpc) is 2.93. The molecule has 0 aromatic heterocycles. The third-order valence-electron chi connectivity index (χ3n) is 6.53. The normalized spacial score (nSPS) is 15.0. The summed E-state index contributed by atoms with van der Waals surface area (Å²) in [6.07, 6.45) is 2.82. The van der Waals surface area contributed by atoms with Gasteiger partial charge < -0.3 is 11.1 Å². The molecule has 190 valence electrons. The number of amides is 1. The summed E-state index contributed by atoms with van der Waals surface area (Å²) in [5.41, 5.74) is 9.84. The maximum Gasteiger partial charge on any atom is 0.311 e. The van der Waals surface area contributed by atoms with E-state index in [1.807, 2.05) is 18.2 Å². The Labute approximate surface area is 219 Å². The fraction of sp³-hybridized carbons (Fsp3) is 0.233. The minimum atomic E-state index is -2.58. The molecule has 2 atom stereocenters. The number of rotatable bonds is 6. The van der Waals surface area contributed by atoms with Gasteiger partial charge in [-0.2, -0.15) is 12.8 Å². The maximum atomic E-state index is 12.6. The van der Waals surface area contributed by atoms with Gasteiger partial charge in [-0.15, -0.1) is 0 Å². The van der Waals surface area contributed by atoms with Crippen LogP contribution in [0.25, 0.3) is 10.8 Å². The molecule has 37 heavy (non-hydrogen) atoms. The highest BCUT2D eigenvalue weighted by molar-refractivity contribution is 7.61. The predicted octanol–water partition coefficient (Wildman–Crippen LogP) is 5.67. The lowest BCUT2D eigenvalue weighted by Gasteiger charge is -2.27. The van der Waals surface area contributed by atoms with Gasteiger partial charge in [-0.05, 0) is 52.3 Å². The van der Waals surface area contributed by atoms with E-state index in [0.29, 0.717) is 12.1 Å². The van der Waals surface area contributed by atoms with Crippen LogP contribution in [0.4, 0.5) is 0 Å². The Bertz CT molecular complexity index is 1410. The lowest BCUT2D eigenvalue weighted by atomic mass is 9.86. The van der Waals surface area contributed by atoms with Gasteiger partial charge in [-0.25, -0.2) is 0 Å². The molecule has 1 amide bonds. The van der Waals surface area contributed by atoms with Crippen molar-refractivity contribution in [2.45, 2.75) is 44.3 Å². The summed E-state index contributed by atoms with van der Waals surface area (Å²) in [5, 5.41) is 5.68. The van der Waals surface area contributed by atoms with Crippen LogP contribution >= 0.6 is 0 Å². The van der Waals surface area contributed by atoms with Crippen molar-refractivity contribution in [1.29, 1.82) is 0 Å². The Morgan fingerprint density at radius 3 is 2.14 bits per heavy atom. The third kappa shape index (κ3) is 7.35. The van der Waals surface area contributed by atoms with Crippen LogP contribution in [0.1, 0.15) is 53.6 Å². The van der Waals surface area contributed by atoms with E-state index < -0.39 is 16.5 Å². The highest BCUT2D eigenvalue weighted by atomic mass is 32.2. The van der Waals surface area contributed by atoms with Crippen LogP contribution < -0.4 is 11.1 Å². The van der Waals surface area contributed by atoms with Gasteiger partial charge >= 0.3 is 10.5 Å². The topological polar surface area (TPSA) is 102 Å². The summed E-state index contributed by atoms with van der Waals surface area (Å²) in [6.45, 7) is 0.497. The second-order valence-electron chi connectivity index (χ2n) is 9.05. The lowest BCUT2D eigenvalue weighted by molar-refractivity contribution is -0.122. The van der Waals surface area contributed by atoms with Crippen LogP contribution in [0, 0.1) is 0 Å². The molecule has 3 N–H and O–H groups in total. The summed E-state index contributed by atoms with van der Waals surface area (Å²) in [7, 11) is -2.58. The van der Waals surface area contributed by atoms with E-state index >= 15 is 0 Å². The molecule has 0 bridgehead atoms. The van der Waals surface area contributed by atoms with Gasteiger partial charge in [0, 0.05) is 6.54 Å². The number of benzene rings is 4. The van der Waals surface area contributed by atoms with Crippen LogP contribution in [0.2, 0.25) is 0 Å². The fourth-order valence-electron chi connectivity index (χ4n) is 4.70. The van der Waals surface area contributed by atoms with E-state index in [4.69, 9.17) is 5.73 Å². The standard InChI is InChI=1S/C20H23N3O3S.C10H8/c21-13-14-9-10-17-16(11-14)7-4-8-18(17)22-20(24)12-19(23-27(25)26)15-5-2-1-3-6-15;1-2-6-10-8-4-3-7-9(10)5-1/h1-3,5-6,9-11,18-19H,4,7-8,12-13,21H2,(H,22,24);1-8H. The minimum Gasteiger partial charge on any atom is -0.349 e. The number of hydrogen-bond acceptors (Lipinski definition) is 5. The van der Waals surface area contributed by atoms with Crippen molar-refractivity contribution in [2.24, 2.45) is 10.1 Å². The van der Waals surface area contributed by atoms with Crippen molar-refractivity contribution >= 4 is 27.2 Å². The summed E-state index contributed by atoms with van der Waals surface area (Å²) < 4.78 is 25.8. The number of nitrogens with zero attached hydrogens (tertiary/aromatic N) is 1. The third-order valence-corrected chi connectivity index (χ3v) is 6.95. The molecular weight excluding hydrogens is 482 g/mol. The van der Waals surface area contributed by atoms with E-state index in [1.54, 1.807) is 24.3 Å². The Balaban J connectivity index is 0.000000265. The van der Waals surface area contributed by atoms with Crippen molar-refractivity contribution in [1.82, 2.24) is 5.32 Å². The van der Waals surface area contributed by atoms with Crippen molar-refractivity contribution in [3.05, 3.63) is 119 Å². The highest BCUT2D eigenvalue weighted by Crippen LogP contribution is 2.31. The Kier molecular flexibility index (Phi) is 9.18. The van der Waals surface area contributed by atoms with Gasteiger partial charge in [-0.1, -0.05) is 97.1 Å². The zero-order valence-electron chi connectivity index (χ0n) is 20.6. The van der Waals surface area contributed by atoms with E-state index in [0.717, 1.165) is 30.4 Å². The first-order valence-electron chi connectivity index (χ1n) is 12.4. The molecule has 5 rings (SSSR count). The van der Waals surface area contributed by atoms with Gasteiger partial charge in [0.25, 0.3) is 0 Å². The molecule has 4 aromatic rings. The molecule has 1 aliphatic carbocycles. The molecule has 1 aliphatic rings. The van der Waals surface area contributed by atoms with Crippen molar-refractivity contribution in [3.8, 4) is 0 Å². The first-order chi connectivity index (χ1) is 18.0. The second-order valence-corrected chi connectivity index (χ2v) is 9.69. The molecular formula is C30H31N3O3S. The highest BCUT2D eigenvalue weighted by Gasteiger charge is 2.24. The van der Waals surface area contributed by atoms with E-state index in [9.17, 15) is 13.2 Å². The molecule has 0 spiro atoms. The van der Waals surface area contributed by atoms with Gasteiger partial charge in [-0.3, -0.25) is 4.79 Å². The number of nitrogens with one attached hydrogen (secondary N) is 1. The van der Waals surface area contributed by atoms with Gasteiger partial charge in [0.1, 0.15) is 6.04 Å². The molecule has 7 heteroatoms. The largest absolute Gasteiger partial charge is 0.349 e. The lowest BCUT2D eigenvalue weighted by Crippen LogP contribution is -2.31. The molecule has 0 saturated heterocycles. The number of carbonyl (C=O) groups excluding carboxylic acids is 1. The zero-order chi connectivity index (χ0) is 26.0. The van der Waals surface area contributed by atoms with Gasteiger partial charge in [0.15, 0.2) is 0 Å². The fourth-order valence-corrected chi connectivity index (χ4v) is 5.11. The van der Waals surface area contributed by atoms with Crippen LogP contribution in [-0.4, -0.2) is 14.3 Å². The Morgan fingerprint density at radius 1 is 0.919 bits per heavy atom. The summed E-state index contributed by atoms with van der Waals surface area (Å²) in [4.78, 5) is 12.6. The SMILES string of the molecule is NCc1ccc2c(c1)CCCC2NC(=O)CC(N=S(=O)=O)c1ccccc1.c1ccc2ccccc2c1. The zero-order valence-corrected chi connectivity index (χ0v) is 21.4. The molecule has 0 fully saturated rings. The number of nitrogens with two attached hydrogens (primary N) is 1. The molecule has 4 aromatic carbocycles. The molecule has 2 unspecified atom stereocenters. The monoisotopic (exact) mass is 513 g/mol. The van der Waals surface area contributed by atoms with E-state index in [-0.39, 0.29) is 18.4 Å². The molecule has 0 heterocycles. The summed E-state index contributed by atoms with van der Waals surface area (Å²) >= 11 is 0. The van der Waals surface area contributed by atoms with Crippen molar-refractivity contribution in [2.75, 3.05) is 0 Å². The van der Waals surface area contributed by atoms with Crippen LogP contribution in [0.3, 0.4) is 0 Å². The van der Waals surface area contributed by atoms with Crippen LogP contribution in [0.5, 0.6) is 0 Å². The smallest absolute Gasteiger partial charge is 0.311 e. The molecule has 0 radical (unpaired) electrons. The second kappa shape index (κ2) is 12.9. The first-order valence-corrected chi connectivity index (χ1v) is 13.5.